The fraction of sp³-hybridized carbons (Fsp3) is 0.167. The van der Waals surface area contributed by atoms with Gasteiger partial charge in [-0.15, -0.1) is 34.3 Å². The van der Waals surface area contributed by atoms with Gasteiger partial charge in [-0.2, -0.15) is 9.78 Å². The molecule has 0 aliphatic carbocycles. The van der Waals surface area contributed by atoms with Crippen LogP contribution in [-0.2, 0) is 0 Å². The number of carbonyl (C=O) groups excluding carboxylic acids is 2. The van der Waals surface area contributed by atoms with Crippen LogP contribution in [0.3, 0.4) is 0 Å². The van der Waals surface area contributed by atoms with Crippen molar-refractivity contribution in [1.82, 2.24) is 9.78 Å². The van der Waals surface area contributed by atoms with Crippen LogP contribution in [-0.4, -0.2) is 41.2 Å². The molecule has 0 unspecified atom stereocenters. The summed E-state index contributed by atoms with van der Waals surface area (Å²) < 4.78 is 13.1. The minimum Gasteiger partial charge on any atom is -0.492 e. The van der Waals surface area contributed by atoms with Crippen molar-refractivity contribution in [3.63, 3.8) is 0 Å². The van der Waals surface area contributed by atoms with Gasteiger partial charge in [0.25, 0.3) is 11.8 Å². The Hall–Kier alpha value is -3.92. The van der Waals surface area contributed by atoms with Crippen LogP contribution in [0.5, 0.6) is 11.5 Å². The van der Waals surface area contributed by atoms with E-state index in [0.717, 1.165) is 38.7 Å². The number of hydrogen-bond acceptors (Lipinski definition) is 7. The average molecular weight is 592 g/mol. The largest absolute Gasteiger partial charge is 0.492 e. The maximum Gasteiger partial charge on any atom is 0.289 e. The Morgan fingerprint density at radius 1 is 1.07 bits per heavy atom. The van der Waals surface area contributed by atoms with Crippen LogP contribution in [0.1, 0.15) is 41.7 Å². The molecule has 0 saturated heterocycles. The van der Waals surface area contributed by atoms with E-state index < -0.39 is 5.91 Å². The number of aromatic nitrogens is 2. The Bertz CT molecular complexity index is 1770. The first kappa shape index (κ1) is 27.6. The second-order valence-electron chi connectivity index (χ2n) is 8.95. The lowest BCUT2D eigenvalue weighted by atomic mass is 9.96. The van der Waals surface area contributed by atoms with Gasteiger partial charge in [-0.3, -0.25) is 9.59 Å². The van der Waals surface area contributed by atoms with Crippen molar-refractivity contribution >= 4 is 69.1 Å². The number of alkyl halides is 1. The van der Waals surface area contributed by atoms with E-state index in [2.05, 4.69) is 0 Å². The minimum absolute atomic E-state index is 0.167. The van der Waals surface area contributed by atoms with E-state index in [-0.39, 0.29) is 5.91 Å². The zero-order valence-corrected chi connectivity index (χ0v) is 24.5. The van der Waals surface area contributed by atoms with E-state index in [4.69, 9.17) is 31.9 Å². The summed E-state index contributed by atoms with van der Waals surface area (Å²) in [5, 5.41) is 9.35. The van der Waals surface area contributed by atoms with Crippen molar-refractivity contribution in [1.29, 1.82) is 0 Å². The van der Waals surface area contributed by atoms with E-state index in [0.29, 0.717) is 39.4 Å². The molecule has 2 aromatic carbocycles. The van der Waals surface area contributed by atoms with Gasteiger partial charge >= 0.3 is 0 Å². The molecule has 7 nitrogen and oxygen atoms in total. The highest BCUT2D eigenvalue weighted by Gasteiger charge is 2.22. The molecule has 10 heteroatoms. The SMILES string of the molecule is COc1c(OCCCl)ccc(C=Cc2nn(C(=O)c3sccc3C)c3ccccc23)c1-c1csc(C(N)=O)c1C. The first-order valence-corrected chi connectivity index (χ1v) is 14.7. The topological polar surface area (TPSA) is 96.4 Å². The molecular weight excluding hydrogens is 566 g/mol. The fourth-order valence-electron chi connectivity index (χ4n) is 4.59. The Balaban J connectivity index is 1.65. The normalized spacial score (nSPS) is 11.4. The minimum atomic E-state index is -0.484. The second kappa shape index (κ2) is 11.7. The third-order valence-corrected chi connectivity index (χ3v) is 8.77. The highest BCUT2D eigenvalue weighted by molar-refractivity contribution is 7.12. The number of halogens is 1. The quantitative estimate of drug-likeness (QED) is 0.186. The van der Waals surface area contributed by atoms with E-state index in [1.54, 1.807) is 7.11 Å². The molecule has 3 aromatic heterocycles. The monoisotopic (exact) mass is 591 g/mol. The lowest BCUT2D eigenvalue weighted by molar-refractivity contribution is 0.0952. The van der Waals surface area contributed by atoms with E-state index in [9.17, 15) is 9.59 Å². The second-order valence-corrected chi connectivity index (χ2v) is 11.1. The maximum atomic E-state index is 13.4. The smallest absolute Gasteiger partial charge is 0.289 e. The number of carbonyl (C=O) groups is 2. The molecule has 0 bridgehead atoms. The molecule has 5 aromatic rings. The third-order valence-electron chi connectivity index (χ3n) is 6.51. The molecule has 2 N–H and O–H groups in total. The van der Waals surface area contributed by atoms with Gasteiger partial charge in [0.2, 0.25) is 0 Å². The number of fused-ring (bicyclic) bond motifs is 1. The molecular formula is C30H26ClN3O4S2. The van der Waals surface area contributed by atoms with Crippen LogP contribution < -0.4 is 15.2 Å². The summed E-state index contributed by atoms with van der Waals surface area (Å²) in [7, 11) is 1.57. The zero-order valence-electron chi connectivity index (χ0n) is 22.1. The lowest BCUT2D eigenvalue weighted by Crippen LogP contribution is -2.13. The molecule has 5 rings (SSSR count). The third kappa shape index (κ3) is 5.03. The number of aryl methyl sites for hydroxylation is 1. The Labute approximate surface area is 244 Å². The molecule has 0 radical (unpaired) electrons. The number of hydrogen-bond donors (Lipinski definition) is 1. The standard InChI is InChI=1S/C30H26ClN3O4S2/c1-17-12-15-39-27(17)30(36)34-23-7-5-4-6-20(23)22(33-34)10-8-19-9-11-24(38-14-13-31)26(37-3)25(19)21-16-40-28(18(21)2)29(32)35/h4-12,15-16H,13-14H2,1-3H3,(H2,32,35). The molecule has 0 fully saturated rings. The Kier molecular flexibility index (Phi) is 8.07. The average Bonchev–Trinajstić information content (AvgIpc) is 3.66. The molecule has 0 spiro atoms. The van der Waals surface area contributed by atoms with Crippen molar-refractivity contribution in [2.45, 2.75) is 13.8 Å². The first-order valence-electron chi connectivity index (χ1n) is 12.4. The van der Waals surface area contributed by atoms with Crippen molar-refractivity contribution in [3.8, 4) is 22.6 Å². The number of nitrogens with two attached hydrogens (primary N) is 1. The van der Waals surface area contributed by atoms with Gasteiger partial charge in [-0.25, -0.2) is 0 Å². The zero-order chi connectivity index (χ0) is 28.4. The van der Waals surface area contributed by atoms with Gasteiger partial charge in [-0.05, 0) is 65.6 Å². The molecule has 3 heterocycles. The number of rotatable bonds is 9. The molecule has 0 atom stereocenters. The number of nitrogens with zero attached hydrogens (tertiary/aromatic N) is 2. The molecule has 1 amide bonds. The Morgan fingerprint density at radius 3 is 2.55 bits per heavy atom. The number of primary amides is 1. The maximum absolute atomic E-state index is 13.4. The summed E-state index contributed by atoms with van der Waals surface area (Å²) in [6, 6.07) is 13.3. The molecule has 0 aliphatic heterocycles. The summed E-state index contributed by atoms with van der Waals surface area (Å²) in [4.78, 5) is 26.5. The van der Waals surface area contributed by atoms with Gasteiger partial charge in [0, 0.05) is 16.5 Å². The van der Waals surface area contributed by atoms with Crippen LogP contribution in [0.15, 0.2) is 53.2 Å². The van der Waals surface area contributed by atoms with Gasteiger partial charge in [0.05, 0.1) is 34.0 Å². The van der Waals surface area contributed by atoms with Crippen LogP contribution in [0.25, 0.3) is 34.2 Å². The number of benzene rings is 2. The van der Waals surface area contributed by atoms with Crippen molar-refractivity contribution in [3.05, 3.63) is 85.4 Å². The highest BCUT2D eigenvalue weighted by Crippen LogP contribution is 2.45. The van der Waals surface area contributed by atoms with Crippen molar-refractivity contribution in [2.24, 2.45) is 5.73 Å². The van der Waals surface area contributed by atoms with Gasteiger partial charge in [-0.1, -0.05) is 30.3 Å². The van der Waals surface area contributed by atoms with Crippen molar-refractivity contribution in [2.75, 3.05) is 19.6 Å². The summed E-state index contributed by atoms with van der Waals surface area (Å²) in [6.07, 6.45) is 3.80. The fourth-order valence-corrected chi connectivity index (χ4v) is 6.45. The summed E-state index contributed by atoms with van der Waals surface area (Å²) in [5.41, 5.74) is 11.0. The number of para-hydroxylation sites is 1. The first-order chi connectivity index (χ1) is 19.3. The molecule has 0 saturated carbocycles. The predicted octanol–water partition coefficient (Wildman–Crippen LogP) is 7.03. The Morgan fingerprint density at radius 2 is 1.88 bits per heavy atom. The summed E-state index contributed by atoms with van der Waals surface area (Å²) >= 11 is 8.56. The van der Waals surface area contributed by atoms with E-state index in [1.165, 1.54) is 27.4 Å². The van der Waals surface area contributed by atoms with Crippen LogP contribution in [0.4, 0.5) is 0 Å². The highest BCUT2D eigenvalue weighted by atomic mass is 35.5. The molecule has 0 aliphatic rings. The van der Waals surface area contributed by atoms with Gasteiger partial charge in [0.1, 0.15) is 6.61 Å². The predicted molar refractivity (Wildman–Crippen MR) is 163 cm³/mol. The van der Waals surface area contributed by atoms with Crippen LogP contribution in [0, 0.1) is 13.8 Å². The van der Waals surface area contributed by atoms with Gasteiger partial charge in [0.15, 0.2) is 11.5 Å². The van der Waals surface area contributed by atoms with Crippen LogP contribution >= 0.6 is 34.3 Å². The van der Waals surface area contributed by atoms with Crippen LogP contribution in [0.2, 0.25) is 0 Å². The lowest BCUT2D eigenvalue weighted by Gasteiger charge is -2.17. The summed E-state index contributed by atoms with van der Waals surface area (Å²) in [6.45, 7) is 4.09. The number of amides is 1. The molecule has 40 heavy (non-hydrogen) atoms. The molecule has 204 valence electrons. The van der Waals surface area contributed by atoms with Gasteiger partial charge < -0.3 is 15.2 Å². The number of thiophene rings is 2. The number of ether oxygens (including phenoxy) is 2. The van der Waals surface area contributed by atoms with E-state index >= 15 is 0 Å². The van der Waals surface area contributed by atoms with E-state index in [1.807, 2.05) is 79.2 Å². The van der Waals surface area contributed by atoms with Crippen molar-refractivity contribution < 1.29 is 19.1 Å². The summed E-state index contributed by atoms with van der Waals surface area (Å²) in [5.74, 6) is 0.723. The number of methoxy groups -OCH3 is 1.